The summed E-state index contributed by atoms with van der Waals surface area (Å²) in [6.45, 7) is -0.273. The predicted molar refractivity (Wildman–Crippen MR) is 80.6 cm³/mol. The maximum atomic E-state index is 11.6. The van der Waals surface area contributed by atoms with E-state index in [-0.39, 0.29) is 26.0 Å². The van der Waals surface area contributed by atoms with Crippen molar-refractivity contribution in [3.63, 3.8) is 0 Å². The molecule has 0 aliphatic rings. The molecule has 0 fully saturated rings. The van der Waals surface area contributed by atoms with Gasteiger partial charge in [0.15, 0.2) is 0 Å². The van der Waals surface area contributed by atoms with Crippen LogP contribution in [0.15, 0.2) is 30.3 Å². The average molecular weight is 318 g/mol. The van der Waals surface area contributed by atoms with Gasteiger partial charge in [-0.15, -0.1) is 0 Å². The summed E-state index contributed by atoms with van der Waals surface area (Å²) in [4.78, 5) is 34.2. The second-order valence-electron chi connectivity index (χ2n) is 4.63. The van der Waals surface area contributed by atoms with E-state index in [9.17, 15) is 14.4 Å². The van der Waals surface area contributed by atoms with Gasteiger partial charge in [-0.3, -0.25) is 9.59 Å². The van der Waals surface area contributed by atoms with Gasteiger partial charge in [0.25, 0.3) is 0 Å². The molecule has 0 aliphatic carbocycles. The Morgan fingerprint density at radius 2 is 1.96 bits per heavy atom. The fourth-order valence-corrected chi connectivity index (χ4v) is 1.67. The zero-order valence-electron chi connectivity index (χ0n) is 12.5. The van der Waals surface area contributed by atoms with Crippen LogP contribution in [0.2, 0.25) is 0 Å². The summed E-state index contributed by atoms with van der Waals surface area (Å²) < 4.78 is 4.93. The van der Waals surface area contributed by atoms with Gasteiger partial charge in [-0.2, -0.15) is 5.26 Å². The van der Waals surface area contributed by atoms with E-state index in [4.69, 9.17) is 15.7 Å². The number of carbonyl (C=O) groups excluding carboxylic acids is 3. The summed E-state index contributed by atoms with van der Waals surface area (Å²) in [5.41, 5.74) is 5.94. The van der Waals surface area contributed by atoms with E-state index >= 15 is 0 Å². The molecule has 0 radical (unpaired) electrons. The lowest BCUT2D eigenvalue weighted by atomic mass is 10.1. The molecule has 4 N–H and O–H groups in total. The SMILES string of the molecule is N#CCC[C@@H](NC(=O)CNC(=O)OCc1ccccc1)C(N)=O. The van der Waals surface area contributed by atoms with Gasteiger partial charge in [-0.05, 0) is 12.0 Å². The number of ether oxygens (including phenoxy) is 1. The van der Waals surface area contributed by atoms with Crippen LogP contribution in [-0.2, 0) is 20.9 Å². The Bertz CT molecular complexity index is 583. The molecule has 1 aromatic rings. The van der Waals surface area contributed by atoms with Gasteiger partial charge >= 0.3 is 6.09 Å². The van der Waals surface area contributed by atoms with Gasteiger partial charge in [0.2, 0.25) is 11.8 Å². The summed E-state index contributed by atoms with van der Waals surface area (Å²) >= 11 is 0. The number of rotatable bonds is 8. The highest BCUT2D eigenvalue weighted by Crippen LogP contribution is 2.00. The maximum absolute atomic E-state index is 11.6. The number of hydrogen-bond acceptors (Lipinski definition) is 5. The highest BCUT2D eigenvalue weighted by Gasteiger charge is 2.18. The number of nitrogens with zero attached hydrogens (tertiary/aromatic N) is 1. The van der Waals surface area contributed by atoms with Crippen LogP contribution in [0.4, 0.5) is 4.79 Å². The molecule has 8 nitrogen and oxygen atoms in total. The summed E-state index contributed by atoms with van der Waals surface area (Å²) in [6.07, 6.45) is -0.548. The van der Waals surface area contributed by atoms with Crippen molar-refractivity contribution >= 4 is 17.9 Å². The first kappa shape index (κ1) is 18.0. The fraction of sp³-hybridized carbons (Fsp3) is 0.333. The Balaban J connectivity index is 2.30. The Kier molecular flexibility index (Phi) is 7.64. The van der Waals surface area contributed by atoms with Crippen molar-refractivity contribution in [1.82, 2.24) is 10.6 Å². The lowest BCUT2D eigenvalue weighted by molar-refractivity contribution is -0.126. The molecular formula is C15H18N4O4. The Morgan fingerprint density at radius 3 is 2.57 bits per heavy atom. The molecule has 0 saturated heterocycles. The smallest absolute Gasteiger partial charge is 0.407 e. The van der Waals surface area contributed by atoms with Crippen molar-refractivity contribution < 1.29 is 19.1 Å². The van der Waals surface area contributed by atoms with Crippen molar-refractivity contribution in [2.24, 2.45) is 5.73 Å². The van der Waals surface area contributed by atoms with Crippen LogP contribution in [0, 0.1) is 11.3 Å². The summed E-state index contributed by atoms with van der Waals surface area (Å²) in [6, 6.07) is 9.99. The lowest BCUT2D eigenvalue weighted by Crippen LogP contribution is -2.47. The number of amides is 3. The minimum Gasteiger partial charge on any atom is -0.445 e. The number of alkyl carbamates (subject to hydrolysis) is 1. The zero-order chi connectivity index (χ0) is 17.1. The predicted octanol–water partition coefficient (Wildman–Crippen LogP) is 0.187. The van der Waals surface area contributed by atoms with E-state index in [1.54, 1.807) is 12.1 Å². The van der Waals surface area contributed by atoms with E-state index in [0.29, 0.717) is 0 Å². The normalized spacial score (nSPS) is 10.9. The first-order valence-corrected chi connectivity index (χ1v) is 6.93. The molecule has 1 aromatic carbocycles. The van der Waals surface area contributed by atoms with Crippen LogP contribution in [-0.4, -0.2) is 30.5 Å². The second-order valence-corrected chi connectivity index (χ2v) is 4.63. The Morgan fingerprint density at radius 1 is 1.26 bits per heavy atom. The van der Waals surface area contributed by atoms with E-state index in [0.717, 1.165) is 5.56 Å². The molecule has 0 unspecified atom stereocenters. The molecule has 8 heteroatoms. The molecule has 3 amide bonds. The molecule has 0 bridgehead atoms. The highest BCUT2D eigenvalue weighted by molar-refractivity contribution is 5.88. The number of carbonyl (C=O) groups is 3. The van der Waals surface area contributed by atoms with E-state index in [1.165, 1.54) is 0 Å². The maximum Gasteiger partial charge on any atom is 0.407 e. The minimum atomic E-state index is -0.940. The van der Waals surface area contributed by atoms with Gasteiger partial charge in [-0.25, -0.2) is 4.79 Å². The molecule has 1 atom stereocenters. The molecular weight excluding hydrogens is 300 g/mol. The first-order chi connectivity index (χ1) is 11.0. The van der Waals surface area contributed by atoms with Crippen molar-refractivity contribution in [2.45, 2.75) is 25.5 Å². The number of benzene rings is 1. The monoisotopic (exact) mass is 318 g/mol. The number of nitrogens with one attached hydrogen (secondary N) is 2. The standard InChI is InChI=1S/C15H18N4O4/c16-8-4-7-12(14(17)21)19-13(20)9-18-15(22)23-10-11-5-2-1-3-6-11/h1-3,5-6,12H,4,7,9-10H2,(H2,17,21)(H,18,22)(H,19,20)/t12-/m1/s1. The third-order valence-corrected chi connectivity index (χ3v) is 2.83. The van der Waals surface area contributed by atoms with E-state index in [2.05, 4.69) is 10.6 Å². The van der Waals surface area contributed by atoms with E-state index < -0.39 is 23.9 Å². The number of primary amides is 1. The third-order valence-electron chi connectivity index (χ3n) is 2.83. The minimum absolute atomic E-state index is 0.0837. The van der Waals surface area contributed by atoms with Crippen LogP contribution in [0.1, 0.15) is 18.4 Å². The summed E-state index contributed by atoms with van der Waals surface area (Å²) in [7, 11) is 0. The molecule has 0 heterocycles. The molecule has 0 aliphatic heterocycles. The van der Waals surface area contributed by atoms with Crippen molar-refractivity contribution in [3.05, 3.63) is 35.9 Å². The molecule has 0 spiro atoms. The summed E-state index contributed by atoms with van der Waals surface area (Å²) in [5.74, 6) is -1.33. The van der Waals surface area contributed by atoms with Gasteiger partial charge in [-0.1, -0.05) is 30.3 Å². The van der Waals surface area contributed by atoms with Crippen molar-refractivity contribution in [3.8, 4) is 6.07 Å². The lowest BCUT2D eigenvalue weighted by Gasteiger charge is -2.14. The van der Waals surface area contributed by atoms with Gasteiger partial charge in [0.1, 0.15) is 19.2 Å². The topological polar surface area (TPSA) is 134 Å². The summed E-state index contributed by atoms with van der Waals surface area (Å²) in [5, 5.41) is 13.1. The van der Waals surface area contributed by atoms with Crippen molar-refractivity contribution in [1.29, 1.82) is 5.26 Å². The average Bonchev–Trinajstić information content (AvgIpc) is 2.55. The third kappa shape index (κ3) is 7.47. The number of nitriles is 1. The number of hydrogen-bond donors (Lipinski definition) is 3. The van der Waals surface area contributed by atoms with Crippen LogP contribution < -0.4 is 16.4 Å². The van der Waals surface area contributed by atoms with Gasteiger partial charge < -0.3 is 21.1 Å². The Labute approximate surface area is 133 Å². The van der Waals surface area contributed by atoms with Crippen LogP contribution >= 0.6 is 0 Å². The molecule has 23 heavy (non-hydrogen) atoms. The van der Waals surface area contributed by atoms with E-state index in [1.807, 2.05) is 24.3 Å². The molecule has 1 rings (SSSR count). The number of nitrogens with two attached hydrogens (primary N) is 1. The quantitative estimate of drug-likeness (QED) is 0.629. The largest absolute Gasteiger partial charge is 0.445 e. The van der Waals surface area contributed by atoms with Crippen LogP contribution in [0.3, 0.4) is 0 Å². The molecule has 0 saturated carbocycles. The first-order valence-electron chi connectivity index (χ1n) is 6.93. The highest BCUT2D eigenvalue weighted by atomic mass is 16.5. The molecule has 0 aromatic heterocycles. The zero-order valence-corrected chi connectivity index (χ0v) is 12.5. The molecule has 122 valence electrons. The van der Waals surface area contributed by atoms with Crippen LogP contribution in [0.25, 0.3) is 0 Å². The second kappa shape index (κ2) is 9.78. The van der Waals surface area contributed by atoms with Crippen molar-refractivity contribution in [2.75, 3.05) is 6.54 Å². The van der Waals surface area contributed by atoms with Crippen LogP contribution in [0.5, 0.6) is 0 Å². The van der Waals surface area contributed by atoms with Gasteiger partial charge in [0, 0.05) is 6.42 Å². The fourth-order valence-electron chi connectivity index (χ4n) is 1.67. The van der Waals surface area contributed by atoms with Gasteiger partial charge in [0.05, 0.1) is 6.07 Å². The Hall–Kier alpha value is -3.08.